The van der Waals surface area contributed by atoms with Crippen molar-refractivity contribution in [2.75, 3.05) is 26.7 Å². The molecular formula is C20H28N4O3. The number of amides is 1. The summed E-state index contributed by atoms with van der Waals surface area (Å²) >= 11 is 0. The highest BCUT2D eigenvalue weighted by Gasteiger charge is 2.09. The molecule has 146 valence electrons. The van der Waals surface area contributed by atoms with E-state index < -0.39 is 0 Å². The van der Waals surface area contributed by atoms with Crippen LogP contribution in [0.5, 0.6) is 5.75 Å². The second-order valence-corrected chi connectivity index (χ2v) is 5.96. The fraction of sp³-hybridized carbons (Fsp3) is 0.400. The summed E-state index contributed by atoms with van der Waals surface area (Å²) in [6, 6.07) is 11.6. The molecule has 0 aliphatic carbocycles. The number of guanidine groups is 1. The van der Waals surface area contributed by atoms with E-state index in [1.165, 1.54) is 0 Å². The number of hydrogen-bond acceptors (Lipinski definition) is 4. The molecule has 2 rings (SSSR count). The molecule has 7 heteroatoms. The van der Waals surface area contributed by atoms with Crippen LogP contribution in [0.25, 0.3) is 0 Å². The summed E-state index contributed by atoms with van der Waals surface area (Å²) in [5, 5.41) is 6.00. The normalized spacial score (nSPS) is 11.1. The Kier molecular flexibility index (Phi) is 8.22. The number of nitrogens with one attached hydrogen (secondary N) is 2. The lowest BCUT2D eigenvalue weighted by Gasteiger charge is -2.22. The number of aliphatic imine (C=N–C) groups is 1. The zero-order valence-corrected chi connectivity index (χ0v) is 16.2. The summed E-state index contributed by atoms with van der Waals surface area (Å²) in [6.45, 7) is 6.42. The minimum Gasteiger partial charge on any atom is -0.494 e. The van der Waals surface area contributed by atoms with Gasteiger partial charge in [0.25, 0.3) is 0 Å². The Bertz CT molecular complexity index is 711. The molecule has 0 bridgehead atoms. The smallest absolute Gasteiger partial charge is 0.242 e. The van der Waals surface area contributed by atoms with Gasteiger partial charge in [-0.1, -0.05) is 12.1 Å². The second-order valence-electron chi connectivity index (χ2n) is 5.96. The monoisotopic (exact) mass is 372 g/mol. The highest BCUT2D eigenvalue weighted by atomic mass is 16.5. The van der Waals surface area contributed by atoms with Crippen LogP contribution < -0.4 is 15.4 Å². The average molecular weight is 372 g/mol. The first-order valence-corrected chi connectivity index (χ1v) is 9.12. The van der Waals surface area contributed by atoms with Crippen LogP contribution in [0.15, 0.2) is 52.1 Å². The van der Waals surface area contributed by atoms with Crippen molar-refractivity contribution in [1.82, 2.24) is 15.5 Å². The third-order valence-corrected chi connectivity index (χ3v) is 3.76. The maximum atomic E-state index is 12.0. The predicted molar refractivity (Wildman–Crippen MR) is 106 cm³/mol. The summed E-state index contributed by atoms with van der Waals surface area (Å²) < 4.78 is 10.7. The van der Waals surface area contributed by atoms with E-state index >= 15 is 0 Å². The minimum atomic E-state index is -0.156. The van der Waals surface area contributed by atoms with Crippen LogP contribution in [0.3, 0.4) is 0 Å². The van der Waals surface area contributed by atoms with Crippen molar-refractivity contribution in [3.63, 3.8) is 0 Å². The van der Waals surface area contributed by atoms with Gasteiger partial charge in [0.15, 0.2) is 5.96 Å². The molecule has 1 aromatic heterocycles. The average Bonchev–Trinajstić information content (AvgIpc) is 3.19. The van der Waals surface area contributed by atoms with Crippen LogP contribution in [0.4, 0.5) is 0 Å². The number of hydrogen-bond donors (Lipinski definition) is 2. The lowest BCUT2D eigenvalue weighted by atomic mass is 10.2. The SMILES string of the molecule is CCNC(=NCC(=O)NCc1ccco1)N(C)Cc1ccc(OCC)cc1. The number of furan rings is 1. The maximum absolute atomic E-state index is 12.0. The van der Waals surface area contributed by atoms with Gasteiger partial charge in [0.2, 0.25) is 5.91 Å². The number of carbonyl (C=O) groups excluding carboxylic acids is 1. The van der Waals surface area contributed by atoms with Crippen molar-refractivity contribution in [2.24, 2.45) is 4.99 Å². The molecule has 7 nitrogen and oxygen atoms in total. The molecular weight excluding hydrogens is 344 g/mol. The van der Waals surface area contributed by atoms with Crippen LogP contribution in [0, 0.1) is 0 Å². The zero-order valence-electron chi connectivity index (χ0n) is 16.2. The number of ether oxygens (including phenoxy) is 1. The van der Waals surface area contributed by atoms with Crippen LogP contribution >= 0.6 is 0 Å². The molecule has 0 spiro atoms. The summed E-state index contributed by atoms with van der Waals surface area (Å²) in [6.07, 6.45) is 1.58. The molecule has 0 saturated heterocycles. The first-order valence-electron chi connectivity index (χ1n) is 9.12. The first-order chi connectivity index (χ1) is 13.1. The van der Waals surface area contributed by atoms with Gasteiger partial charge in [-0.05, 0) is 43.7 Å². The van der Waals surface area contributed by atoms with Crippen molar-refractivity contribution >= 4 is 11.9 Å². The molecule has 2 N–H and O–H groups in total. The predicted octanol–water partition coefficient (Wildman–Crippen LogP) is 2.39. The van der Waals surface area contributed by atoms with Crippen molar-refractivity contribution < 1.29 is 13.9 Å². The van der Waals surface area contributed by atoms with E-state index in [0.29, 0.717) is 31.4 Å². The van der Waals surface area contributed by atoms with Gasteiger partial charge in [0, 0.05) is 20.1 Å². The second kappa shape index (κ2) is 10.9. The highest BCUT2D eigenvalue weighted by Crippen LogP contribution is 2.13. The molecule has 27 heavy (non-hydrogen) atoms. The molecule has 0 unspecified atom stereocenters. The van der Waals surface area contributed by atoms with E-state index in [0.717, 1.165) is 17.9 Å². The topological polar surface area (TPSA) is 79.1 Å². The first kappa shape index (κ1) is 20.4. The van der Waals surface area contributed by atoms with E-state index in [9.17, 15) is 4.79 Å². The summed E-state index contributed by atoms with van der Waals surface area (Å²) in [4.78, 5) is 18.4. The lowest BCUT2D eigenvalue weighted by molar-refractivity contribution is -0.119. The van der Waals surface area contributed by atoms with Crippen molar-refractivity contribution in [1.29, 1.82) is 0 Å². The van der Waals surface area contributed by atoms with E-state index in [-0.39, 0.29) is 12.5 Å². The van der Waals surface area contributed by atoms with Crippen LogP contribution in [0.2, 0.25) is 0 Å². The molecule has 0 fully saturated rings. The Labute approximate surface area is 160 Å². The zero-order chi connectivity index (χ0) is 19.5. The van der Waals surface area contributed by atoms with Gasteiger partial charge in [0.1, 0.15) is 18.1 Å². The standard InChI is InChI=1S/C20H28N4O3/c1-4-21-20(23-14-19(25)22-13-18-7-6-12-27-18)24(3)15-16-8-10-17(11-9-16)26-5-2/h6-12H,4-5,13-15H2,1-3H3,(H,21,23)(H,22,25). The van der Waals surface area contributed by atoms with Crippen molar-refractivity contribution in [3.8, 4) is 5.75 Å². The van der Waals surface area contributed by atoms with Gasteiger partial charge in [-0.25, -0.2) is 4.99 Å². The van der Waals surface area contributed by atoms with Crippen LogP contribution in [-0.2, 0) is 17.9 Å². The molecule has 0 aliphatic rings. The lowest BCUT2D eigenvalue weighted by Crippen LogP contribution is -2.39. The number of nitrogens with zero attached hydrogens (tertiary/aromatic N) is 2. The molecule has 0 saturated carbocycles. The van der Waals surface area contributed by atoms with E-state index in [1.807, 2.05) is 56.1 Å². The van der Waals surface area contributed by atoms with Crippen molar-refractivity contribution in [3.05, 3.63) is 54.0 Å². The molecule has 0 atom stereocenters. The third-order valence-electron chi connectivity index (χ3n) is 3.76. The molecule has 1 heterocycles. The molecule has 2 aromatic rings. The molecule has 0 radical (unpaired) electrons. The van der Waals surface area contributed by atoms with Gasteiger partial charge in [-0.2, -0.15) is 0 Å². The van der Waals surface area contributed by atoms with Crippen molar-refractivity contribution in [2.45, 2.75) is 26.9 Å². The third kappa shape index (κ3) is 7.05. The van der Waals surface area contributed by atoms with Gasteiger partial charge in [-0.15, -0.1) is 0 Å². The maximum Gasteiger partial charge on any atom is 0.242 e. The van der Waals surface area contributed by atoms with Crippen LogP contribution in [-0.4, -0.2) is 43.5 Å². The number of carbonyl (C=O) groups is 1. The fourth-order valence-corrected chi connectivity index (χ4v) is 2.48. The minimum absolute atomic E-state index is 0.0522. The van der Waals surface area contributed by atoms with E-state index in [1.54, 1.807) is 12.3 Å². The largest absolute Gasteiger partial charge is 0.494 e. The number of benzene rings is 1. The Morgan fingerprint density at radius 1 is 1.19 bits per heavy atom. The Morgan fingerprint density at radius 3 is 2.59 bits per heavy atom. The molecule has 1 amide bonds. The molecule has 1 aromatic carbocycles. The number of rotatable bonds is 9. The Hall–Kier alpha value is -2.96. The van der Waals surface area contributed by atoms with Gasteiger partial charge in [0.05, 0.1) is 19.4 Å². The van der Waals surface area contributed by atoms with E-state index in [4.69, 9.17) is 9.15 Å². The molecule has 0 aliphatic heterocycles. The summed E-state index contributed by atoms with van der Waals surface area (Å²) in [7, 11) is 1.94. The Balaban J connectivity index is 1.89. The summed E-state index contributed by atoms with van der Waals surface area (Å²) in [5.74, 6) is 2.10. The van der Waals surface area contributed by atoms with Gasteiger partial charge in [-0.3, -0.25) is 4.79 Å². The van der Waals surface area contributed by atoms with Gasteiger partial charge >= 0.3 is 0 Å². The van der Waals surface area contributed by atoms with E-state index in [2.05, 4.69) is 15.6 Å². The highest BCUT2D eigenvalue weighted by molar-refractivity contribution is 5.84. The Morgan fingerprint density at radius 2 is 1.96 bits per heavy atom. The summed E-state index contributed by atoms with van der Waals surface area (Å²) in [5.41, 5.74) is 1.13. The fourth-order valence-electron chi connectivity index (χ4n) is 2.48. The van der Waals surface area contributed by atoms with Gasteiger partial charge < -0.3 is 24.7 Å². The quantitative estimate of drug-likeness (QED) is 0.522. The van der Waals surface area contributed by atoms with Crippen LogP contribution in [0.1, 0.15) is 25.2 Å².